The Morgan fingerprint density at radius 2 is 1.76 bits per heavy atom. The molecule has 0 aromatic rings. The number of hydrogen-bond donors (Lipinski definition) is 0. The van der Waals surface area contributed by atoms with Gasteiger partial charge in [-0.3, -0.25) is 4.90 Å². The Morgan fingerprint density at radius 3 is 2.33 bits per heavy atom. The minimum atomic E-state index is -4.96. The zero-order valence-corrected chi connectivity index (χ0v) is 11.9. The van der Waals surface area contributed by atoms with Crippen LogP contribution < -0.4 is 0 Å². The molecule has 0 radical (unpaired) electrons. The minimum Gasteiger partial charge on any atom is -0.448 e. The molecule has 0 aromatic carbocycles. The Balaban J connectivity index is 1.90. The van der Waals surface area contributed by atoms with Crippen LogP contribution >= 0.6 is 0 Å². The molecular formula is C12H21BF5N2O-. The number of hydrogen-bond acceptors (Lipinski definition) is 3. The lowest BCUT2D eigenvalue weighted by Crippen LogP contribution is -2.59. The maximum absolute atomic E-state index is 13.2. The van der Waals surface area contributed by atoms with E-state index in [1.54, 1.807) is 4.90 Å². The third kappa shape index (κ3) is 5.37. The van der Waals surface area contributed by atoms with Crippen molar-refractivity contribution in [2.45, 2.75) is 25.3 Å². The van der Waals surface area contributed by atoms with Gasteiger partial charge in [0.1, 0.15) is 0 Å². The summed E-state index contributed by atoms with van der Waals surface area (Å²) in [6.07, 6.45) is -1.99. The average Bonchev–Trinajstić information content (AvgIpc) is 2.40. The zero-order chi connectivity index (χ0) is 15.5. The van der Waals surface area contributed by atoms with Gasteiger partial charge < -0.3 is 22.6 Å². The van der Waals surface area contributed by atoms with E-state index in [2.05, 4.69) is 0 Å². The van der Waals surface area contributed by atoms with E-state index in [9.17, 15) is 21.7 Å². The molecule has 0 aliphatic carbocycles. The highest BCUT2D eigenvalue weighted by Crippen LogP contribution is 2.23. The van der Waals surface area contributed by atoms with E-state index >= 15 is 0 Å². The van der Waals surface area contributed by atoms with E-state index in [1.165, 1.54) is 0 Å². The second-order valence-corrected chi connectivity index (χ2v) is 5.92. The molecular weight excluding hydrogens is 294 g/mol. The lowest BCUT2D eigenvalue weighted by atomic mass is 9.90. The standard InChI is InChI=1S/C12H21BF5N2O/c14-12(15)11-8-19(9-13(16,17)18)3-4-20(11)7-10-1-5-21-6-2-10/h10-12H,1-9H2/q-1/t11-/m1/s1. The Morgan fingerprint density at radius 1 is 1.10 bits per heavy atom. The van der Waals surface area contributed by atoms with Crippen molar-refractivity contribution in [3.63, 3.8) is 0 Å². The molecule has 0 unspecified atom stereocenters. The molecule has 2 aliphatic heterocycles. The van der Waals surface area contributed by atoms with Gasteiger partial charge in [-0.15, -0.1) is 0 Å². The molecule has 9 heteroatoms. The van der Waals surface area contributed by atoms with Gasteiger partial charge in [0.2, 0.25) is 0 Å². The van der Waals surface area contributed by atoms with Crippen LogP contribution in [0.3, 0.4) is 0 Å². The first kappa shape index (κ1) is 17.0. The molecule has 1 atom stereocenters. The predicted molar refractivity (Wildman–Crippen MR) is 70.4 cm³/mol. The van der Waals surface area contributed by atoms with Gasteiger partial charge >= 0.3 is 6.98 Å². The van der Waals surface area contributed by atoms with Crippen molar-refractivity contribution in [3.05, 3.63) is 0 Å². The maximum Gasteiger partial charge on any atom is 0.492 e. The van der Waals surface area contributed by atoms with Crippen LogP contribution in [0.15, 0.2) is 0 Å². The van der Waals surface area contributed by atoms with Crippen molar-refractivity contribution in [2.24, 2.45) is 5.92 Å². The lowest BCUT2D eigenvalue weighted by Gasteiger charge is -2.44. The van der Waals surface area contributed by atoms with Crippen LogP contribution in [0.4, 0.5) is 21.7 Å². The van der Waals surface area contributed by atoms with Crippen LogP contribution in [0, 0.1) is 5.92 Å². The summed E-state index contributed by atoms with van der Waals surface area (Å²) in [4.78, 5) is 2.78. The monoisotopic (exact) mass is 315 g/mol. The molecule has 2 saturated heterocycles. The third-order valence-corrected chi connectivity index (χ3v) is 4.21. The van der Waals surface area contributed by atoms with Gasteiger partial charge in [0.15, 0.2) is 0 Å². The molecule has 2 heterocycles. The van der Waals surface area contributed by atoms with Gasteiger partial charge in [-0.2, -0.15) is 0 Å². The Hall–Kier alpha value is -0.405. The van der Waals surface area contributed by atoms with Crippen LogP contribution in [-0.2, 0) is 4.74 Å². The third-order valence-electron chi connectivity index (χ3n) is 4.21. The summed E-state index contributed by atoms with van der Waals surface area (Å²) in [6.45, 7) is -2.88. The second-order valence-electron chi connectivity index (χ2n) is 5.92. The Kier molecular flexibility index (Phi) is 5.84. The molecule has 0 aromatic heterocycles. The fourth-order valence-corrected chi connectivity index (χ4v) is 3.09. The van der Waals surface area contributed by atoms with Crippen LogP contribution in [-0.4, -0.2) is 75.1 Å². The fourth-order valence-electron chi connectivity index (χ4n) is 3.09. The van der Waals surface area contributed by atoms with Crippen LogP contribution in [0.5, 0.6) is 0 Å². The van der Waals surface area contributed by atoms with E-state index < -0.39 is 25.9 Å². The first-order valence-corrected chi connectivity index (χ1v) is 7.38. The molecule has 2 fully saturated rings. The molecule has 0 saturated carbocycles. The second kappa shape index (κ2) is 7.24. The van der Waals surface area contributed by atoms with Crippen LogP contribution in [0.25, 0.3) is 0 Å². The summed E-state index contributed by atoms with van der Waals surface area (Å²) < 4.78 is 68.9. The lowest BCUT2D eigenvalue weighted by molar-refractivity contribution is -0.0371. The smallest absolute Gasteiger partial charge is 0.448 e. The van der Waals surface area contributed by atoms with Crippen molar-refractivity contribution in [3.8, 4) is 0 Å². The average molecular weight is 315 g/mol. The highest BCUT2D eigenvalue weighted by atomic mass is 19.4. The number of halogens is 5. The molecule has 21 heavy (non-hydrogen) atoms. The fraction of sp³-hybridized carbons (Fsp3) is 1.00. The van der Waals surface area contributed by atoms with E-state index in [-0.39, 0.29) is 19.6 Å². The summed E-state index contributed by atoms with van der Waals surface area (Å²) in [5.41, 5.74) is 0. The van der Waals surface area contributed by atoms with Gasteiger partial charge in [0.05, 0.1) is 6.04 Å². The normalized spacial score (nSPS) is 27.4. The van der Waals surface area contributed by atoms with Gasteiger partial charge in [-0.05, 0) is 25.2 Å². The summed E-state index contributed by atoms with van der Waals surface area (Å²) >= 11 is 0. The molecule has 0 spiro atoms. The van der Waals surface area contributed by atoms with Gasteiger partial charge in [0.25, 0.3) is 6.43 Å². The molecule has 2 rings (SSSR count). The molecule has 0 bridgehead atoms. The van der Waals surface area contributed by atoms with Crippen molar-refractivity contribution in [2.75, 3.05) is 45.8 Å². The molecule has 2 aliphatic rings. The topological polar surface area (TPSA) is 15.7 Å². The SMILES string of the molecule is FC(F)[C@H]1CN(C[B-](F)(F)F)CCN1CC1CCOCC1. The first-order chi connectivity index (χ1) is 9.85. The largest absolute Gasteiger partial charge is 0.492 e. The van der Waals surface area contributed by atoms with E-state index in [1.807, 2.05) is 0 Å². The first-order valence-electron chi connectivity index (χ1n) is 7.38. The molecule has 3 nitrogen and oxygen atoms in total. The predicted octanol–water partition coefficient (Wildman–Crippen LogP) is 2.05. The number of alkyl halides is 2. The van der Waals surface area contributed by atoms with E-state index in [0.29, 0.717) is 25.7 Å². The zero-order valence-electron chi connectivity index (χ0n) is 11.9. The number of rotatable bonds is 5. The van der Waals surface area contributed by atoms with Crippen molar-refractivity contribution >= 4 is 6.98 Å². The Labute approximate surface area is 121 Å². The molecule has 0 N–H and O–H groups in total. The van der Waals surface area contributed by atoms with Gasteiger partial charge in [-0.25, -0.2) is 8.78 Å². The van der Waals surface area contributed by atoms with Crippen LogP contribution in [0.2, 0.25) is 0 Å². The highest BCUT2D eigenvalue weighted by molar-refractivity contribution is 6.58. The van der Waals surface area contributed by atoms with Crippen molar-refractivity contribution in [1.82, 2.24) is 9.80 Å². The summed E-state index contributed by atoms with van der Waals surface area (Å²) in [5.74, 6) is 0.304. The minimum absolute atomic E-state index is 0.202. The van der Waals surface area contributed by atoms with Gasteiger partial charge in [-0.1, -0.05) is 0 Å². The summed E-state index contributed by atoms with van der Waals surface area (Å²) in [7, 11) is 0. The van der Waals surface area contributed by atoms with Crippen LogP contribution in [0.1, 0.15) is 12.8 Å². The number of nitrogens with zero attached hydrogens (tertiary/aromatic N) is 2. The number of piperazine rings is 1. The maximum atomic E-state index is 13.2. The summed E-state index contributed by atoms with van der Waals surface area (Å²) in [6, 6.07) is -1.10. The molecule has 124 valence electrons. The van der Waals surface area contributed by atoms with Gasteiger partial charge in [0, 0.05) is 39.4 Å². The Bertz CT molecular complexity index is 325. The quantitative estimate of drug-likeness (QED) is 0.570. The molecule has 0 amide bonds. The van der Waals surface area contributed by atoms with E-state index in [0.717, 1.165) is 17.7 Å². The number of ether oxygens (including phenoxy) is 1. The van der Waals surface area contributed by atoms with E-state index in [4.69, 9.17) is 4.74 Å². The highest BCUT2D eigenvalue weighted by Gasteiger charge is 2.37. The summed E-state index contributed by atoms with van der Waals surface area (Å²) in [5, 5.41) is 0. The van der Waals surface area contributed by atoms with Crippen molar-refractivity contribution < 1.29 is 26.5 Å². The van der Waals surface area contributed by atoms with Crippen molar-refractivity contribution in [1.29, 1.82) is 0 Å².